The SMILES string of the molecule is C=CCC/C(C)=C\C(O)C/C=[CH]/[Sn]([CH2]CCC)([CH2]CCC)[CH2]CCC. The number of hydrogen-bond acceptors (Lipinski definition) is 1. The fourth-order valence-electron chi connectivity index (χ4n) is 3.48. The van der Waals surface area contributed by atoms with E-state index in [9.17, 15) is 5.11 Å². The van der Waals surface area contributed by atoms with Crippen molar-refractivity contribution < 1.29 is 5.11 Å². The van der Waals surface area contributed by atoms with Crippen molar-refractivity contribution in [2.45, 2.75) is 105 Å². The predicted octanol–water partition coefficient (Wildman–Crippen LogP) is 7.59. The van der Waals surface area contributed by atoms with Crippen molar-refractivity contribution in [1.82, 2.24) is 0 Å². The van der Waals surface area contributed by atoms with Crippen LogP contribution >= 0.6 is 0 Å². The van der Waals surface area contributed by atoms with Gasteiger partial charge in [0.05, 0.1) is 0 Å². The second kappa shape index (κ2) is 16.2. The van der Waals surface area contributed by atoms with Crippen molar-refractivity contribution in [1.29, 1.82) is 0 Å². The number of allylic oxidation sites excluding steroid dienone is 2. The summed E-state index contributed by atoms with van der Waals surface area (Å²) in [5, 5.41) is 10.3. The first-order valence-corrected chi connectivity index (χ1v) is 18.4. The van der Waals surface area contributed by atoms with E-state index >= 15 is 0 Å². The van der Waals surface area contributed by atoms with E-state index in [1.54, 1.807) is 0 Å². The molecule has 0 spiro atoms. The molecule has 1 atom stereocenters. The molecule has 0 saturated carbocycles. The van der Waals surface area contributed by atoms with Crippen LogP contribution in [0.5, 0.6) is 0 Å². The van der Waals surface area contributed by atoms with Gasteiger partial charge in [0.25, 0.3) is 0 Å². The molecular weight excluding hydrogens is 411 g/mol. The van der Waals surface area contributed by atoms with Crippen LogP contribution < -0.4 is 0 Å². The molecule has 0 aromatic rings. The van der Waals surface area contributed by atoms with Crippen LogP contribution in [0.2, 0.25) is 13.3 Å². The third kappa shape index (κ3) is 12.9. The molecule has 25 heavy (non-hydrogen) atoms. The Morgan fingerprint density at radius 1 is 1.00 bits per heavy atom. The van der Waals surface area contributed by atoms with Crippen LogP contribution in [-0.2, 0) is 0 Å². The molecule has 0 rings (SSSR count). The standard InChI is InChI=1S/C11H17O.3C4H9.Sn/c1-4-6-8-10(3)9-11(12)7-5-2;3*1-3-4-2;/h2,4-5,9,11-12H,1,6-8H2,3H3;3*1,3-4H2,2H3;/b5-2?,10-9-;;;;. The Labute approximate surface area is 162 Å². The Morgan fingerprint density at radius 3 is 1.96 bits per heavy atom. The zero-order chi connectivity index (χ0) is 19.0. The average molecular weight is 455 g/mol. The van der Waals surface area contributed by atoms with Crippen LogP contribution in [-0.4, -0.2) is 29.6 Å². The number of aliphatic hydroxyl groups is 1. The molecule has 0 saturated heterocycles. The average Bonchev–Trinajstić information content (AvgIpc) is 2.60. The van der Waals surface area contributed by atoms with Gasteiger partial charge < -0.3 is 0 Å². The van der Waals surface area contributed by atoms with Gasteiger partial charge in [-0.15, -0.1) is 0 Å². The first-order chi connectivity index (χ1) is 12.0. The Hall–Kier alpha value is -0.0213. The molecule has 146 valence electrons. The predicted molar refractivity (Wildman–Crippen MR) is 118 cm³/mol. The molecule has 0 heterocycles. The van der Waals surface area contributed by atoms with E-state index in [0.29, 0.717) is 0 Å². The van der Waals surface area contributed by atoms with Gasteiger partial charge in [0.15, 0.2) is 0 Å². The molecule has 0 fully saturated rings. The summed E-state index contributed by atoms with van der Waals surface area (Å²) >= 11 is -2.16. The van der Waals surface area contributed by atoms with Crippen LogP contribution in [0.25, 0.3) is 0 Å². The second-order valence-electron chi connectivity index (χ2n) is 7.72. The third-order valence-corrected chi connectivity index (χ3v) is 19.4. The van der Waals surface area contributed by atoms with Crippen molar-refractivity contribution >= 4 is 18.4 Å². The van der Waals surface area contributed by atoms with Crippen LogP contribution in [0.4, 0.5) is 0 Å². The monoisotopic (exact) mass is 456 g/mol. The quantitative estimate of drug-likeness (QED) is 0.188. The fourth-order valence-corrected chi connectivity index (χ4v) is 17.9. The van der Waals surface area contributed by atoms with Crippen molar-refractivity contribution in [2.75, 3.05) is 0 Å². The Balaban J connectivity index is 4.87. The van der Waals surface area contributed by atoms with E-state index in [2.05, 4.69) is 44.4 Å². The first-order valence-electron chi connectivity index (χ1n) is 10.7. The molecule has 0 aliphatic rings. The Bertz CT molecular complexity index is 362. The summed E-state index contributed by atoms with van der Waals surface area (Å²) in [4.78, 5) is 0. The van der Waals surface area contributed by atoms with Gasteiger partial charge in [-0.3, -0.25) is 0 Å². The summed E-state index contributed by atoms with van der Waals surface area (Å²) in [6.07, 6.45) is 16.9. The molecule has 1 unspecified atom stereocenters. The maximum absolute atomic E-state index is 10.3. The molecule has 0 aliphatic heterocycles. The van der Waals surface area contributed by atoms with Gasteiger partial charge in [0, 0.05) is 0 Å². The topological polar surface area (TPSA) is 20.2 Å². The van der Waals surface area contributed by atoms with Gasteiger partial charge >= 0.3 is 163 Å². The summed E-state index contributed by atoms with van der Waals surface area (Å²) < 4.78 is 7.19. The number of rotatable bonds is 16. The van der Waals surface area contributed by atoms with Crippen molar-refractivity contribution in [3.8, 4) is 0 Å². The molecule has 0 aliphatic carbocycles. The number of unbranched alkanes of at least 4 members (excludes halogenated alkanes) is 3. The van der Waals surface area contributed by atoms with Gasteiger partial charge in [-0.1, -0.05) is 0 Å². The van der Waals surface area contributed by atoms with E-state index in [0.717, 1.165) is 19.3 Å². The van der Waals surface area contributed by atoms with Crippen molar-refractivity contribution in [3.05, 3.63) is 34.5 Å². The van der Waals surface area contributed by atoms with E-state index < -0.39 is 18.4 Å². The molecule has 1 nitrogen and oxygen atoms in total. The molecule has 1 N–H and O–H groups in total. The van der Waals surface area contributed by atoms with Crippen molar-refractivity contribution in [2.24, 2.45) is 0 Å². The van der Waals surface area contributed by atoms with Crippen LogP contribution in [0.1, 0.15) is 85.5 Å². The molecule has 0 aromatic heterocycles. The first kappa shape index (κ1) is 25.0. The van der Waals surface area contributed by atoms with Crippen LogP contribution in [0, 0.1) is 0 Å². The summed E-state index contributed by atoms with van der Waals surface area (Å²) in [7, 11) is 0. The minimum atomic E-state index is -2.16. The Kier molecular flexibility index (Phi) is 16.2. The zero-order valence-corrected chi connectivity index (χ0v) is 20.4. The summed E-state index contributed by atoms with van der Waals surface area (Å²) in [6.45, 7) is 12.8. The van der Waals surface area contributed by atoms with Gasteiger partial charge in [0.2, 0.25) is 0 Å². The van der Waals surface area contributed by atoms with Crippen LogP contribution in [0.15, 0.2) is 34.5 Å². The zero-order valence-electron chi connectivity index (χ0n) is 17.5. The Morgan fingerprint density at radius 2 is 1.52 bits per heavy atom. The van der Waals surface area contributed by atoms with E-state index in [4.69, 9.17) is 0 Å². The summed E-state index contributed by atoms with van der Waals surface area (Å²) in [5.41, 5.74) is 1.28. The van der Waals surface area contributed by atoms with E-state index in [1.165, 1.54) is 57.4 Å². The van der Waals surface area contributed by atoms with Gasteiger partial charge in [-0.2, -0.15) is 0 Å². The van der Waals surface area contributed by atoms with Gasteiger partial charge in [-0.05, 0) is 0 Å². The molecule has 0 aromatic carbocycles. The van der Waals surface area contributed by atoms with Gasteiger partial charge in [-0.25, -0.2) is 0 Å². The molecule has 0 bridgehead atoms. The fraction of sp³-hybridized carbons (Fsp3) is 0.739. The third-order valence-electron chi connectivity index (χ3n) is 5.15. The van der Waals surface area contributed by atoms with E-state index in [-0.39, 0.29) is 6.10 Å². The number of aliphatic hydroxyl groups excluding tert-OH is 1. The van der Waals surface area contributed by atoms with Gasteiger partial charge in [0.1, 0.15) is 0 Å². The van der Waals surface area contributed by atoms with E-state index in [1.807, 2.05) is 12.2 Å². The summed E-state index contributed by atoms with van der Waals surface area (Å²) in [5.74, 6) is 0. The number of hydrogen-bond donors (Lipinski definition) is 1. The molecular formula is C23H44OSn. The van der Waals surface area contributed by atoms with Crippen LogP contribution in [0.3, 0.4) is 0 Å². The minimum absolute atomic E-state index is 0.325. The summed E-state index contributed by atoms with van der Waals surface area (Å²) in [6, 6.07) is 0. The second-order valence-corrected chi connectivity index (χ2v) is 20.7. The molecule has 2 heteroatoms. The van der Waals surface area contributed by atoms with Crippen molar-refractivity contribution in [3.63, 3.8) is 0 Å². The normalized spacial score (nSPS) is 14.2. The molecule has 0 amide bonds. The molecule has 0 radical (unpaired) electrons. The maximum atomic E-state index is 10.3.